The van der Waals surface area contributed by atoms with Crippen LogP contribution >= 0.6 is 11.6 Å². The van der Waals surface area contributed by atoms with Crippen molar-refractivity contribution in [2.24, 2.45) is 16.6 Å². The van der Waals surface area contributed by atoms with Crippen molar-refractivity contribution >= 4 is 23.5 Å². The van der Waals surface area contributed by atoms with E-state index in [0.29, 0.717) is 23.2 Å². The number of nitrogens with two attached hydrogens (primary N) is 1. The summed E-state index contributed by atoms with van der Waals surface area (Å²) in [5, 5.41) is 9.35. The highest BCUT2D eigenvalue weighted by molar-refractivity contribution is 6.34. The summed E-state index contributed by atoms with van der Waals surface area (Å²) in [6, 6.07) is 5.85. The molecule has 3 saturated heterocycles. The van der Waals surface area contributed by atoms with Gasteiger partial charge in [-0.2, -0.15) is 0 Å². The van der Waals surface area contributed by atoms with Crippen molar-refractivity contribution < 1.29 is 14.3 Å². The van der Waals surface area contributed by atoms with Gasteiger partial charge in [-0.3, -0.25) is 9.69 Å². The third-order valence-electron chi connectivity index (χ3n) is 8.59. The molecule has 0 radical (unpaired) electrons. The van der Waals surface area contributed by atoms with E-state index in [1.165, 1.54) is 0 Å². The second kappa shape index (κ2) is 8.53. The van der Waals surface area contributed by atoms with Crippen molar-refractivity contribution in [3.05, 3.63) is 35.0 Å². The van der Waals surface area contributed by atoms with Crippen LogP contribution in [0.5, 0.6) is 0 Å². The lowest BCUT2D eigenvalue weighted by Gasteiger charge is -2.41. The van der Waals surface area contributed by atoms with Gasteiger partial charge in [0.2, 0.25) is 5.91 Å². The molecular formula is C26H33ClN6O3. The summed E-state index contributed by atoms with van der Waals surface area (Å²) >= 11 is 6.96. The van der Waals surface area contributed by atoms with Crippen LogP contribution < -0.4 is 5.73 Å². The van der Waals surface area contributed by atoms with Crippen LogP contribution in [-0.4, -0.2) is 62.7 Å². The largest absolute Gasteiger partial charge is 0.378 e. The number of aliphatic imine (C=N–C) groups is 1. The van der Waals surface area contributed by atoms with E-state index in [2.05, 4.69) is 17.2 Å². The molecule has 1 unspecified atom stereocenters. The maximum absolute atomic E-state index is 13.3. The Morgan fingerprint density at radius 2 is 2.11 bits per heavy atom. The van der Waals surface area contributed by atoms with Crippen molar-refractivity contribution in [3.63, 3.8) is 0 Å². The highest BCUT2D eigenvalue weighted by atomic mass is 35.5. The van der Waals surface area contributed by atoms with E-state index < -0.39 is 5.54 Å². The second-order valence-electron chi connectivity index (χ2n) is 11.1. The summed E-state index contributed by atoms with van der Waals surface area (Å²) in [7, 11) is 0. The molecule has 1 amide bonds. The first-order chi connectivity index (χ1) is 17.2. The van der Waals surface area contributed by atoms with E-state index in [4.69, 9.17) is 31.8 Å². The molecule has 9 nitrogen and oxygen atoms in total. The van der Waals surface area contributed by atoms with Crippen LogP contribution in [0, 0.1) is 5.92 Å². The zero-order valence-corrected chi connectivity index (χ0v) is 21.7. The Morgan fingerprint density at radius 3 is 2.81 bits per heavy atom. The van der Waals surface area contributed by atoms with E-state index in [0.717, 1.165) is 43.4 Å². The third kappa shape index (κ3) is 3.74. The normalized spacial score (nSPS) is 34.9. The Hall–Kier alpha value is -2.49. The number of ether oxygens (including phenoxy) is 2. The average Bonchev–Trinajstić information content (AvgIpc) is 3.55. The molecule has 192 valence electrons. The number of benzene rings is 1. The number of carbonyl (C=O) groups excluding carboxylic acids is 1. The molecule has 2 N–H and O–H groups in total. The third-order valence-corrected chi connectivity index (χ3v) is 9.00. The number of nitrogens with zero attached hydrogens (tertiary/aromatic N) is 5. The highest BCUT2D eigenvalue weighted by Gasteiger charge is 2.56. The van der Waals surface area contributed by atoms with Crippen molar-refractivity contribution in [3.8, 4) is 11.3 Å². The monoisotopic (exact) mass is 512 g/mol. The topological polar surface area (TPSA) is 108 Å². The van der Waals surface area contributed by atoms with E-state index in [1.807, 2.05) is 42.9 Å². The number of hydrogen-bond acceptors (Lipinski definition) is 7. The maximum atomic E-state index is 13.3. The number of amides is 1. The number of carbonyl (C=O) groups is 1. The van der Waals surface area contributed by atoms with Crippen LogP contribution in [0.15, 0.2) is 29.4 Å². The average molecular weight is 513 g/mol. The smallest absolute Gasteiger partial charge is 0.232 e. The zero-order valence-electron chi connectivity index (χ0n) is 21.0. The minimum Gasteiger partial charge on any atom is -0.378 e. The summed E-state index contributed by atoms with van der Waals surface area (Å²) in [6.07, 6.45) is 5.86. The van der Waals surface area contributed by atoms with E-state index >= 15 is 0 Å². The van der Waals surface area contributed by atoms with Crippen LogP contribution in [-0.2, 0) is 19.8 Å². The van der Waals surface area contributed by atoms with Crippen LogP contribution in [0.25, 0.3) is 11.3 Å². The van der Waals surface area contributed by atoms with Gasteiger partial charge in [-0.05, 0) is 57.9 Å². The molecule has 0 spiro atoms. The van der Waals surface area contributed by atoms with Gasteiger partial charge in [-0.1, -0.05) is 35.0 Å². The Balaban J connectivity index is 1.28. The quantitative estimate of drug-likeness (QED) is 0.655. The Labute approximate surface area is 216 Å². The van der Waals surface area contributed by atoms with Gasteiger partial charge in [0, 0.05) is 18.2 Å². The number of aromatic nitrogens is 3. The molecule has 1 saturated carbocycles. The van der Waals surface area contributed by atoms with Gasteiger partial charge in [0.1, 0.15) is 5.69 Å². The molecule has 36 heavy (non-hydrogen) atoms. The number of rotatable bonds is 5. The predicted octanol–water partition coefficient (Wildman–Crippen LogP) is 3.67. The number of fused-ring (bicyclic) bond motifs is 1. The van der Waals surface area contributed by atoms with Crippen LogP contribution in [0.3, 0.4) is 0 Å². The van der Waals surface area contributed by atoms with Gasteiger partial charge >= 0.3 is 0 Å². The van der Waals surface area contributed by atoms with Crippen molar-refractivity contribution in [2.75, 3.05) is 13.2 Å². The minimum atomic E-state index is -0.873. The molecule has 10 heteroatoms. The van der Waals surface area contributed by atoms with Gasteiger partial charge in [-0.15, -0.1) is 5.10 Å². The lowest BCUT2D eigenvalue weighted by Crippen LogP contribution is -2.56. The summed E-state index contributed by atoms with van der Waals surface area (Å²) in [4.78, 5) is 19.8. The molecule has 5 aliphatic rings. The van der Waals surface area contributed by atoms with Gasteiger partial charge in [0.05, 0.1) is 47.5 Å². The number of guanidine groups is 1. The molecule has 4 atom stereocenters. The molecular weight excluding hydrogens is 480 g/mol. The Kier molecular flexibility index (Phi) is 5.66. The number of halogens is 1. The lowest BCUT2D eigenvalue weighted by atomic mass is 9.71. The molecule has 5 heterocycles. The summed E-state index contributed by atoms with van der Waals surface area (Å²) in [5.41, 5.74) is 7.59. The van der Waals surface area contributed by atoms with Crippen molar-refractivity contribution in [1.29, 1.82) is 0 Å². The first kappa shape index (κ1) is 23.9. The fourth-order valence-electron chi connectivity index (χ4n) is 6.48. The zero-order chi connectivity index (χ0) is 25.2. The SMILES string of the molecule is CC(n1cc(-c2cccc([C@]3(C)CC(=O)N([C@H]4CCO[C@@H](C)C4)C(N)=N3)c2Cl)nn1)C12CC(CO1)C2. The fourth-order valence-corrected chi connectivity index (χ4v) is 6.91. The van der Waals surface area contributed by atoms with Crippen molar-refractivity contribution in [2.45, 2.75) is 82.2 Å². The van der Waals surface area contributed by atoms with Gasteiger partial charge < -0.3 is 15.2 Å². The van der Waals surface area contributed by atoms with E-state index in [9.17, 15) is 4.79 Å². The van der Waals surface area contributed by atoms with Gasteiger partial charge in [0.25, 0.3) is 0 Å². The summed E-state index contributed by atoms with van der Waals surface area (Å²) in [6.45, 7) is 7.51. The van der Waals surface area contributed by atoms with Gasteiger partial charge in [-0.25, -0.2) is 9.67 Å². The van der Waals surface area contributed by atoms with Crippen LogP contribution in [0.4, 0.5) is 0 Å². The highest BCUT2D eigenvalue weighted by Crippen LogP contribution is 2.54. The summed E-state index contributed by atoms with van der Waals surface area (Å²) < 4.78 is 13.6. The van der Waals surface area contributed by atoms with E-state index in [1.54, 1.807) is 4.90 Å². The first-order valence-electron chi connectivity index (χ1n) is 12.8. The molecule has 4 fully saturated rings. The van der Waals surface area contributed by atoms with Crippen molar-refractivity contribution in [1.82, 2.24) is 19.9 Å². The minimum absolute atomic E-state index is 0.00245. The van der Waals surface area contributed by atoms with Crippen LogP contribution in [0.1, 0.15) is 64.5 Å². The fraction of sp³-hybridized carbons (Fsp3) is 0.615. The van der Waals surface area contributed by atoms with Crippen LogP contribution in [0.2, 0.25) is 5.02 Å². The predicted molar refractivity (Wildman–Crippen MR) is 135 cm³/mol. The summed E-state index contributed by atoms with van der Waals surface area (Å²) in [5.74, 6) is 0.878. The Morgan fingerprint density at radius 1 is 1.31 bits per heavy atom. The maximum Gasteiger partial charge on any atom is 0.232 e. The first-order valence-corrected chi connectivity index (χ1v) is 13.2. The molecule has 1 aromatic carbocycles. The molecule has 7 rings (SSSR count). The lowest BCUT2D eigenvalue weighted by molar-refractivity contribution is -0.133. The second-order valence-corrected chi connectivity index (χ2v) is 11.5. The number of hydrogen-bond donors (Lipinski definition) is 1. The molecule has 1 aliphatic carbocycles. The standard InChI is InChI=1S/C26H33ClN6O3/c1-15-9-18(7-8-35-15)33-22(34)12-25(3,29-24(33)28)20-6-4-5-19(23(20)27)21-13-32(31-30-21)16(2)26-10-17(11-26)14-36-26/h4-6,13,15-18H,7-12,14H2,1-3H3,(H2,28,29)/t15-,16?,17?,18-,25-,26?/m0/s1. The molecule has 1 aromatic heterocycles. The molecule has 2 aromatic rings. The Bertz CT molecular complexity index is 1220. The molecule has 2 bridgehead atoms. The van der Waals surface area contributed by atoms with Gasteiger partial charge in [0.15, 0.2) is 5.96 Å². The van der Waals surface area contributed by atoms with E-state index in [-0.39, 0.29) is 42.1 Å². The molecule has 4 aliphatic heterocycles.